The van der Waals surface area contributed by atoms with Gasteiger partial charge in [-0.25, -0.2) is 0 Å². The molecule has 0 amide bonds. The zero-order chi connectivity index (χ0) is 17.4. The predicted octanol–water partition coefficient (Wildman–Crippen LogP) is 2.73. The Kier molecular flexibility index (Phi) is 8.18. The number of aldehydes is 1. The summed E-state index contributed by atoms with van der Waals surface area (Å²) in [5, 5.41) is 0. The van der Waals surface area contributed by atoms with Crippen molar-refractivity contribution in [1.82, 2.24) is 14.7 Å². The minimum atomic E-state index is -0.0669. The molecule has 0 N–H and O–H groups in total. The maximum atomic E-state index is 12.0. The molecule has 1 aliphatic carbocycles. The summed E-state index contributed by atoms with van der Waals surface area (Å²) in [6.07, 6.45) is 9.88. The zero-order valence-corrected chi connectivity index (χ0v) is 16.3. The number of piperazine rings is 1. The van der Waals surface area contributed by atoms with Crippen LogP contribution >= 0.6 is 0 Å². The number of nitrogens with zero attached hydrogens (tertiary/aromatic N) is 3. The van der Waals surface area contributed by atoms with Crippen molar-refractivity contribution < 1.29 is 4.79 Å². The molecule has 4 nitrogen and oxygen atoms in total. The Morgan fingerprint density at radius 1 is 1.08 bits per heavy atom. The number of carbonyl (C=O) groups is 1. The van der Waals surface area contributed by atoms with E-state index < -0.39 is 0 Å². The van der Waals surface area contributed by atoms with Crippen LogP contribution in [0.1, 0.15) is 51.9 Å². The molecule has 2 aliphatic rings. The van der Waals surface area contributed by atoms with E-state index in [1.807, 2.05) is 0 Å². The molecule has 2 fully saturated rings. The van der Waals surface area contributed by atoms with E-state index in [2.05, 4.69) is 35.7 Å². The average molecular weight is 338 g/mol. The van der Waals surface area contributed by atoms with Gasteiger partial charge in [0.1, 0.15) is 6.29 Å². The van der Waals surface area contributed by atoms with E-state index in [-0.39, 0.29) is 5.41 Å². The van der Waals surface area contributed by atoms with Crippen LogP contribution in [-0.4, -0.2) is 80.9 Å². The van der Waals surface area contributed by atoms with Crippen molar-refractivity contribution >= 4 is 6.29 Å². The van der Waals surface area contributed by atoms with Gasteiger partial charge < -0.3 is 14.6 Å². The van der Waals surface area contributed by atoms with E-state index in [4.69, 9.17) is 0 Å². The third-order valence-corrected chi connectivity index (χ3v) is 6.66. The van der Waals surface area contributed by atoms with E-state index in [1.54, 1.807) is 0 Å². The quantitative estimate of drug-likeness (QED) is 0.605. The highest BCUT2D eigenvalue weighted by atomic mass is 16.1. The van der Waals surface area contributed by atoms with Gasteiger partial charge >= 0.3 is 0 Å². The van der Waals surface area contributed by atoms with Gasteiger partial charge in [0.2, 0.25) is 0 Å². The standard InChI is InChI=1S/C20H39N3O/c1-4-20(18-24,19-8-6-5-7-9-19)10-11-21(2)12-15-23-16-13-22(3)14-17-23/h18-19H,4-17H2,1-3H3. The first-order valence-electron chi connectivity index (χ1n) is 10.2. The first-order chi connectivity index (χ1) is 11.6. The third kappa shape index (κ3) is 5.53. The number of carbonyl (C=O) groups excluding carboxylic acids is 1. The van der Waals surface area contributed by atoms with Crippen molar-refractivity contribution in [2.24, 2.45) is 11.3 Å². The van der Waals surface area contributed by atoms with E-state index in [9.17, 15) is 4.79 Å². The fourth-order valence-electron chi connectivity index (χ4n) is 4.48. The number of likely N-dealkylation sites (N-methyl/N-ethyl adjacent to an activating group) is 2. The molecule has 0 bridgehead atoms. The lowest BCUT2D eigenvalue weighted by Gasteiger charge is -2.39. The van der Waals surface area contributed by atoms with Crippen LogP contribution in [0.25, 0.3) is 0 Å². The van der Waals surface area contributed by atoms with Gasteiger partial charge in [0.25, 0.3) is 0 Å². The van der Waals surface area contributed by atoms with E-state index in [1.165, 1.54) is 64.6 Å². The Labute approximate surface area is 149 Å². The molecule has 0 spiro atoms. The monoisotopic (exact) mass is 337 g/mol. The minimum absolute atomic E-state index is 0.0669. The topological polar surface area (TPSA) is 26.8 Å². The first-order valence-corrected chi connectivity index (χ1v) is 10.2. The molecule has 24 heavy (non-hydrogen) atoms. The highest BCUT2D eigenvalue weighted by Gasteiger charge is 2.37. The largest absolute Gasteiger partial charge is 0.305 e. The summed E-state index contributed by atoms with van der Waals surface area (Å²) in [6.45, 7) is 10.3. The van der Waals surface area contributed by atoms with Gasteiger partial charge in [-0.15, -0.1) is 0 Å². The number of hydrogen-bond donors (Lipinski definition) is 0. The van der Waals surface area contributed by atoms with Crippen molar-refractivity contribution in [2.75, 3.05) is 59.9 Å². The minimum Gasteiger partial charge on any atom is -0.305 e. The van der Waals surface area contributed by atoms with Gasteiger partial charge in [-0.2, -0.15) is 0 Å². The molecule has 1 aliphatic heterocycles. The molecule has 0 aromatic heterocycles. The van der Waals surface area contributed by atoms with Crippen LogP contribution in [0, 0.1) is 11.3 Å². The van der Waals surface area contributed by atoms with Crippen molar-refractivity contribution in [1.29, 1.82) is 0 Å². The van der Waals surface area contributed by atoms with Gasteiger partial charge in [-0.1, -0.05) is 26.2 Å². The summed E-state index contributed by atoms with van der Waals surface area (Å²) >= 11 is 0. The van der Waals surface area contributed by atoms with Gasteiger partial charge in [-0.05, 0) is 52.2 Å². The van der Waals surface area contributed by atoms with Crippen molar-refractivity contribution in [3.8, 4) is 0 Å². The molecule has 0 radical (unpaired) electrons. The van der Waals surface area contributed by atoms with Gasteiger partial charge in [0.15, 0.2) is 0 Å². The molecule has 1 saturated carbocycles. The van der Waals surface area contributed by atoms with Crippen LogP contribution in [0.2, 0.25) is 0 Å². The van der Waals surface area contributed by atoms with Crippen LogP contribution in [0.3, 0.4) is 0 Å². The maximum Gasteiger partial charge on any atom is 0.126 e. The Morgan fingerprint density at radius 2 is 1.75 bits per heavy atom. The Morgan fingerprint density at radius 3 is 2.33 bits per heavy atom. The molecule has 1 unspecified atom stereocenters. The normalized spacial score (nSPS) is 24.2. The van der Waals surface area contributed by atoms with Crippen molar-refractivity contribution in [3.05, 3.63) is 0 Å². The van der Waals surface area contributed by atoms with Crippen LogP contribution in [0.15, 0.2) is 0 Å². The van der Waals surface area contributed by atoms with Crippen molar-refractivity contribution in [3.63, 3.8) is 0 Å². The van der Waals surface area contributed by atoms with Gasteiger partial charge in [-0.3, -0.25) is 4.90 Å². The lowest BCUT2D eigenvalue weighted by atomic mass is 9.66. The third-order valence-electron chi connectivity index (χ3n) is 6.66. The molecule has 1 heterocycles. The Bertz CT molecular complexity index is 362. The Hall–Kier alpha value is -0.450. The van der Waals surface area contributed by atoms with Gasteiger partial charge in [0.05, 0.1) is 0 Å². The number of rotatable bonds is 9. The molecule has 140 valence electrons. The second-order valence-electron chi connectivity index (χ2n) is 8.24. The SMILES string of the molecule is CCC(C=O)(CCN(C)CCN1CCN(C)CC1)C1CCCCC1. The average Bonchev–Trinajstić information content (AvgIpc) is 2.63. The molecule has 2 rings (SSSR count). The summed E-state index contributed by atoms with van der Waals surface area (Å²) in [4.78, 5) is 19.4. The van der Waals surface area contributed by atoms with Crippen LogP contribution in [0.5, 0.6) is 0 Å². The zero-order valence-electron chi connectivity index (χ0n) is 16.3. The van der Waals surface area contributed by atoms with Crippen LogP contribution < -0.4 is 0 Å². The van der Waals surface area contributed by atoms with Crippen LogP contribution in [-0.2, 0) is 4.79 Å². The first kappa shape index (κ1) is 19.9. The molecule has 0 aromatic rings. The van der Waals surface area contributed by atoms with Crippen LogP contribution in [0.4, 0.5) is 0 Å². The summed E-state index contributed by atoms with van der Waals surface area (Å²) in [5.41, 5.74) is -0.0669. The smallest absolute Gasteiger partial charge is 0.126 e. The second kappa shape index (κ2) is 9.88. The summed E-state index contributed by atoms with van der Waals surface area (Å²) in [7, 11) is 4.43. The highest BCUT2D eigenvalue weighted by molar-refractivity contribution is 5.60. The molecule has 1 saturated heterocycles. The molecule has 0 aromatic carbocycles. The Balaban J connectivity index is 1.75. The van der Waals surface area contributed by atoms with E-state index >= 15 is 0 Å². The lowest BCUT2D eigenvalue weighted by molar-refractivity contribution is -0.121. The summed E-state index contributed by atoms with van der Waals surface area (Å²) in [5.74, 6) is 0.625. The summed E-state index contributed by atoms with van der Waals surface area (Å²) in [6, 6.07) is 0. The molecule has 1 atom stereocenters. The number of hydrogen-bond acceptors (Lipinski definition) is 4. The lowest BCUT2D eigenvalue weighted by Crippen LogP contribution is -2.47. The highest BCUT2D eigenvalue weighted by Crippen LogP contribution is 2.42. The van der Waals surface area contributed by atoms with Gasteiger partial charge in [0, 0.05) is 44.7 Å². The maximum absolute atomic E-state index is 12.0. The summed E-state index contributed by atoms with van der Waals surface area (Å²) < 4.78 is 0. The molecular weight excluding hydrogens is 298 g/mol. The molecular formula is C20H39N3O. The predicted molar refractivity (Wildman–Crippen MR) is 101 cm³/mol. The van der Waals surface area contributed by atoms with Crippen molar-refractivity contribution in [2.45, 2.75) is 51.9 Å². The van der Waals surface area contributed by atoms with E-state index in [0.29, 0.717) is 5.92 Å². The second-order valence-corrected chi connectivity index (χ2v) is 8.24. The molecule has 4 heteroatoms. The fourth-order valence-corrected chi connectivity index (χ4v) is 4.48. The fraction of sp³-hybridized carbons (Fsp3) is 0.950. The van der Waals surface area contributed by atoms with E-state index in [0.717, 1.165) is 32.5 Å².